The quantitative estimate of drug-likeness (QED) is 0.822. The minimum atomic E-state index is -3.80. The maximum Gasteiger partial charge on any atom is 0.253 e. The van der Waals surface area contributed by atoms with Crippen molar-refractivity contribution in [3.63, 3.8) is 0 Å². The summed E-state index contributed by atoms with van der Waals surface area (Å²) in [6.07, 6.45) is 0. The van der Waals surface area contributed by atoms with Crippen LogP contribution in [0.3, 0.4) is 0 Å². The molecule has 2 aromatic carbocycles. The molecule has 0 atom stereocenters. The molecule has 0 N–H and O–H groups in total. The average Bonchev–Trinajstić information content (AvgIpc) is 2.68. The molecule has 8 heteroatoms. The number of benzene rings is 2. The molecular formula is C18H16FN3O3S. The maximum atomic E-state index is 13.0. The zero-order chi connectivity index (χ0) is 18.7. The topological polar surface area (TPSA) is 81.5 Å². The number of amides is 1. The fourth-order valence-electron chi connectivity index (χ4n) is 2.83. The summed E-state index contributed by atoms with van der Waals surface area (Å²) >= 11 is 0. The highest BCUT2D eigenvalue weighted by Crippen LogP contribution is 2.21. The van der Waals surface area contributed by atoms with Crippen molar-refractivity contribution < 1.29 is 17.6 Å². The van der Waals surface area contributed by atoms with Gasteiger partial charge in [0, 0.05) is 31.7 Å². The van der Waals surface area contributed by atoms with E-state index in [9.17, 15) is 17.6 Å². The van der Waals surface area contributed by atoms with Crippen molar-refractivity contribution >= 4 is 15.9 Å². The molecule has 0 unspecified atom stereocenters. The van der Waals surface area contributed by atoms with Crippen LogP contribution >= 0.6 is 0 Å². The van der Waals surface area contributed by atoms with Gasteiger partial charge in [-0.15, -0.1) is 0 Å². The van der Waals surface area contributed by atoms with Crippen molar-refractivity contribution in [1.82, 2.24) is 9.21 Å². The van der Waals surface area contributed by atoms with Gasteiger partial charge in [0.2, 0.25) is 10.0 Å². The number of sulfonamides is 1. The Kier molecular flexibility index (Phi) is 5.02. The first kappa shape index (κ1) is 18.0. The zero-order valence-corrected chi connectivity index (χ0v) is 14.6. The molecule has 2 aromatic rings. The Morgan fingerprint density at radius 3 is 2.23 bits per heavy atom. The Labute approximate surface area is 151 Å². The van der Waals surface area contributed by atoms with Gasteiger partial charge in [-0.1, -0.05) is 12.1 Å². The van der Waals surface area contributed by atoms with Gasteiger partial charge in [0.25, 0.3) is 5.91 Å². The van der Waals surface area contributed by atoms with Gasteiger partial charge in [0.1, 0.15) is 11.9 Å². The highest BCUT2D eigenvalue weighted by atomic mass is 32.2. The van der Waals surface area contributed by atoms with Crippen molar-refractivity contribution in [2.24, 2.45) is 0 Å². The molecule has 0 saturated carbocycles. The van der Waals surface area contributed by atoms with Crippen molar-refractivity contribution in [3.05, 3.63) is 65.5 Å². The third-order valence-electron chi connectivity index (χ3n) is 4.24. The highest BCUT2D eigenvalue weighted by Gasteiger charge is 2.31. The van der Waals surface area contributed by atoms with E-state index in [4.69, 9.17) is 5.26 Å². The number of rotatable bonds is 3. The third kappa shape index (κ3) is 3.45. The number of hydrogen-bond donors (Lipinski definition) is 0. The summed E-state index contributed by atoms with van der Waals surface area (Å²) in [5.74, 6) is -0.687. The van der Waals surface area contributed by atoms with Crippen LogP contribution in [-0.2, 0) is 10.0 Å². The molecule has 3 rings (SSSR count). The SMILES string of the molecule is N#Cc1ccccc1S(=O)(=O)N1CCN(C(=O)c2ccc(F)cc2)CC1. The van der Waals surface area contributed by atoms with Crippen LogP contribution in [-0.4, -0.2) is 49.7 Å². The molecule has 0 aromatic heterocycles. The molecule has 134 valence electrons. The van der Waals surface area contributed by atoms with E-state index in [0.29, 0.717) is 5.56 Å². The lowest BCUT2D eigenvalue weighted by molar-refractivity contribution is 0.0698. The number of carbonyl (C=O) groups excluding carboxylic acids is 1. The van der Waals surface area contributed by atoms with Crippen molar-refractivity contribution in [1.29, 1.82) is 5.26 Å². The van der Waals surface area contributed by atoms with Crippen LogP contribution in [0.2, 0.25) is 0 Å². The minimum absolute atomic E-state index is 0.0270. The molecule has 1 aliphatic heterocycles. The Balaban J connectivity index is 1.73. The smallest absolute Gasteiger partial charge is 0.253 e. The summed E-state index contributed by atoms with van der Waals surface area (Å²) in [4.78, 5) is 13.9. The lowest BCUT2D eigenvalue weighted by atomic mass is 10.2. The van der Waals surface area contributed by atoms with Crippen molar-refractivity contribution in [2.75, 3.05) is 26.2 Å². The summed E-state index contributed by atoms with van der Waals surface area (Å²) < 4.78 is 39.8. The molecule has 26 heavy (non-hydrogen) atoms. The predicted molar refractivity (Wildman–Crippen MR) is 92.2 cm³/mol. The molecule has 0 radical (unpaired) electrons. The van der Waals surface area contributed by atoms with Crippen molar-refractivity contribution in [2.45, 2.75) is 4.90 Å². The normalized spacial score (nSPS) is 15.5. The van der Waals surface area contributed by atoms with Gasteiger partial charge in [-0.05, 0) is 36.4 Å². The molecule has 0 aliphatic carbocycles. The van der Waals surface area contributed by atoms with Crippen LogP contribution in [0, 0.1) is 17.1 Å². The standard InChI is InChI=1S/C18H16FN3O3S/c19-16-7-5-14(6-8-16)18(23)21-9-11-22(12-10-21)26(24,25)17-4-2-1-3-15(17)13-20/h1-8H,9-12H2. The van der Waals surface area contributed by atoms with Gasteiger partial charge >= 0.3 is 0 Å². The van der Waals surface area contributed by atoms with Crippen LogP contribution in [0.4, 0.5) is 4.39 Å². The van der Waals surface area contributed by atoms with Crippen LogP contribution in [0.25, 0.3) is 0 Å². The van der Waals surface area contributed by atoms with Gasteiger partial charge in [-0.3, -0.25) is 4.79 Å². The first-order chi connectivity index (χ1) is 12.4. The molecule has 1 heterocycles. The van der Waals surface area contributed by atoms with E-state index in [1.807, 2.05) is 6.07 Å². The average molecular weight is 373 g/mol. The van der Waals surface area contributed by atoms with E-state index >= 15 is 0 Å². The van der Waals surface area contributed by atoms with Crippen LogP contribution in [0.5, 0.6) is 0 Å². The second kappa shape index (κ2) is 7.23. The largest absolute Gasteiger partial charge is 0.336 e. The van der Waals surface area contributed by atoms with E-state index in [0.717, 1.165) is 0 Å². The maximum absolute atomic E-state index is 13.0. The second-order valence-electron chi connectivity index (χ2n) is 5.81. The van der Waals surface area contributed by atoms with E-state index < -0.39 is 15.8 Å². The molecule has 6 nitrogen and oxygen atoms in total. The first-order valence-corrected chi connectivity index (χ1v) is 9.41. The van der Waals surface area contributed by atoms with Gasteiger partial charge in [-0.2, -0.15) is 9.57 Å². The molecule has 1 fully saturated rings. The van der Waals surface area contributed by atoms with Gasteiger partial charge in [0.15, 0.2) is 0 Å². The molecule has 1 aliphatic rings. The summed E-state index contributed by atoms with van der Waals surface area (Å²) in [7, 11) is -3.80. The van der Waals surface area contributed by atoms with E-state index in [1.54, 1.807) is 12.1 Å². The number of halogens is 1. The van der Waals surface area contributed by atoms with Gasteiger partial charge in [0.05, 0.1) is 10.5 Å². The summed E-state index contributed by atoms with van der Waals surface area (Å²) in [5.41, 5.74) is 0.454. The summed E-state index contributed by atoms with van der Waals surface area (Å²) in [6.45, 7) is 0.721. The Hall–Kier alpha value is -2.76. The molecule has 1 amide bonds. The van der Waals surface area contributed by atoms with E-state index in [2.05, 4.69) is 0 Å². The van der Waals surface area contributed by atoms with Gasteiger partial charge in [-0.25, -0.2) is 12.8 Å². The van der Waals surface area contributed by atoms with Crippen LogP contribution in [0.15, 0.2) is 53.4 Å². The second-order valence-corrected chi connectivity index (χ2v) is 7.72. The number of nitriles is 1. The summed E-state index contributed by atoms with van der Waals surface area (Å²) in [5, 5.41) is 9.13. The Morgan fingerprint density at radius 1 is 1.00 bits per heavy atom. The zero-order valence-electron chi connectivity index (χ0n) is 13.8. The molecule has 0 spiro atoms. The van der Waals surface area contributed by atoms with Gasteiger partial charge < -0.3 is 4.90 Å². The van der Waals surface area contributed by atoms with Crippen LogP contribution in [0.1, 0.15) is 15.9 Å². The first-order valence-electron chi connectivity index (χ1n) is 7.97. The number of hydrogen-bond acceptors (Lipinski definition) is 4. The fourth-order valence-corrected chi connectivity index (χ4v) is 4.39. The number of piperazine rings is 1. The number of nitrogens with zero attached hydrogens (tertiary/aromatic N) is 3. The minimum Gasteiger partial charge on any atom is -0.336 e. The van der Waals surface area contributed by atoms with Crippen LogP contribution < -0.4 is 0 Å². The van der Waals surface area contributed by atoms with E-state index in [-0.39, 0.29) is 42.5 Å². The lowest BCUT2D eigenvalue weighted by Gasteiger charge is -2.34. The Morgan fingerprint density at radius 2 is 1.62 bits per heavy atom. The third-order valence-corrected chi connectivity index (χ3v) is 6.20. The monoisotopic (exact) mass is 373 g/mol. The van der Waals surface area contributed by atoms with E-state index in [1.165, 1.54) is 45.6 Å². The Bertz CT molecular complexity index is 960. The number of carbonyl (C=O) groups is 1. The summed E-state index contributed by atoms with van der Waals surface area (Å²) in [6, 6.07) is 13.2. The molecular weight excluding hydrogens is 357 g/mol. The van der Waals surface area contributed by atoms with Crippen molar-refractivity contribution in [3.8, 4) is 6.07 Å². The highest BCUT2D eigenvalue weighted by molar-refractivity contribution is 7.89. The molecule has 0 bridgehead atoms. The fraction of sp³-hybridized carbons (Fsp3) is 0.222. The molecule has 1 saturated heterocycles. The predicted octanol–water partition coefficient (Wildman–Crippen LogP) is 1.84. The lowest BCUT2D eigenvalue weighted by Crippen LogP contribution is -2.50.